The number of rotatable bonds is 5. The minimum atomic E-state index is -0.670. The first-order valence-corrected chi connectivity index (χ1v) is 9.83. The van der Waals surface area contributed by atoms with E-state index in [9.17, 15) is 15.0 Å². The molecule has 1 spiro atoms. The lowest BCUT2D eigenvalue weighted by Gasteiger charge is -2.18. The monoisotopic (exact) mass is 414 g/mol. The predicted octanol–water partition coefficient (Wildman–Crippen LogP) is 1.39. The third-order valence-electron chi connectivity index (χ3n) is 5.97. The van der Waals surface area contributed by atoms with E-state index < -0.39 is 11.5 Å². The van der Waals surface area contributed by atoms with Gasteiger partial charge in [0.15, 0.2) is 0 Å². The van der Waals surface area contributed by atoms with Crippen molar-refractivity contribution in [3.63, 3.8) is 0 Å². The number of ether oxygens (including phenoxy) is 1. The van der Waals surface area contributed by atoms with Gasteiger partial charge in [-0.3, -0.25) is 9.59 Å². The molecule has 0 radical (unpaired) electrons. The summed E-state index contributed by atoms with van der Waals surface area (Å²) in [6.07, 6.45) is 0.923. The van der Waals surface area contributed by atoms with Gasteiger partial charge >= 0.3 is 0 Å². The van der Waals surface area contributed by atoms with Crippen LogP contribution >= 0.6 is 0 Å². The van der Waals surface area contributed by atoms with Crippen LogP contribution in [-0.2, 0) is 4.79 Å². The van der Waals surface area contributed by atoms with Crippen LogP contribution in [-0.4, -0.2) is 70.0 Å². The third-order valence-corrected chi connectivity index (χ3v) is 5.97. The highest BCUT2D eigenvalue weighted by Crippen LogP contribution is 2.68. The van der Waals surface area contributed by atoms with Gasteiger partial charge in [0.25, 0.3) is 12.4 Å². The number of nitrogens with zero attached hydrogens (tertiary/aromatic N) is 2. The molecule has 3 N–H and O–H groups in total. The van der Waals surface area contributed by atoms with Crippen molar-refractivity contribution in [3.8, 4) is 5.88 Å². The van der Waals surface area contributed by atoms with Crippen LogP contribution in [0.4, 0.5) is 0 Å². The Kier molecular flexibility index (Phi) is 6.69. The molecule has 160 valence electrons. The Balaban J connectivity index is 0.000000806. The minimum absolute atomic E-state index is 0.00423. The predicted molar refractivity (Wildman–Crippen MR) is 108 cm³/mol. The highest BCUT2D eigenvalue weighted by molar-refractivity contribution is 5.96. The number of carboxylic acid groups (broad SMARTS) is 1. The van der Waals surface area contributed by atoms with Crippen molar-refractivity contribution in [1.29, 1.82) is 0 Å². The Morgan fingerprint density at radius 2 is 2.00 bits per heavy atom. The molecule has 1 aliphatic carbocycles. The Bertz CT molecular complexity index is 877. The van der Waals surface area contributed by atoms with Gasteiger partial charge in [-0.25, -0.2) is 4.98 Å². The molecule has 30 heavy (non-hydrogen) atoms. The van der Waals surface area contributed by atoms with Crippen LogP contribution in [0.1, 0.15) is 28.8 Å². The molecule has 4 rings (SSSR count). The summed E-state index contributed by atoms with van der Waals surface area (Å²) in [5, 5.41) is 27.6. The van der Waals surface area contributed by atoms with Crippen LogP contribution in [0.5, 0.6) is 5.88 Å². The van der Waals surface area contributed by atoms with E-state index in [1.54, 1.807) is 23.2 Å². The van der Waals surface area contributed by atoms with Gasteiger partial charge in [0.2, 0.25) is 5.88 Å². The molecule has 1 saturated heterocycles. The molecule has 1 aliphatic heterocycles. The lowest BCUT2D eigenvalue weighted by atomic mass is 9.95. The fourth-order valence-corrected chi connectivity index (χ4v) is 4.70. The van der Waals surface area contributed by atoms with Gasteiger partial charge in [-0.1, -0.05) is 30.3 Å². The number of hydrogen-bond acceptors (Lipinski definition) is 6. The number of β-amino-alcohol motifs (C(OH)–C–C–N with tert-alkyl or cyclic N) is 1. The van der Waals surface area contributed by atoms with E-state index in [4.69, 9.17) is 14.6 Å². The maximum atomic E-state index is 13.1. The third kappa shape index (κ3) is 3.76. The molecule has 8 heteroatoms. The summed E-state index contributed by atoms with van der Waals surface area (Å²) < 4.78 is 5.48. The molecule has 0 bridgehead atoms. The lowest BCUT2D eigenvalue weighted by molar-refractivity contribution is -0.122. The first-order valence-electron chi connectivity index (χ1n) is 9.83. The van der Waals surface area contributed by atoms with Gasteiger partial charge in [0.05, 0.1) is 12.7 Å². The second kappa shape index (κ2) is 9.23. The number of hydrogen-bond donors (Lipinski definition) is 3. The lowest BCUT2D eigenvalue weighted by Crippen LogP contribution is -2.30. The van der Waals surface area contributed by atoms with Gasteiger partial charge in [0, 0.05) is 31.3 Å². The summed E-state index contributed by atoms with van der Waals surface area (Å²) in [4.78, 5) is 27.3. The van der Waals surface area contributed by atoms with Crippen LogP contribution in [0, 0.1) is 11.3 Å². The van der Waals surface area contributed by atoms with E-state index in [-0.39, 0.29) is 37.4 Å². The quantitative estimate of drug-likeness (QED) is 0.633. The Hall–Kier alpha value is -2.97. The Morgan fingerprint density at radius 3 is 2.63 bits per heavy atom. The number of likely N-dealkylation sites (tertiary alicyclic amines) is 1. The normalized spacial score (nSPS) is 26.6. The summed E-state index contributed by atoms with van der Waals surface area (Å²) in [6, 6.07) is 13.3. The van der Waals surface area contributed by atoms with Crippen LogP contribution in [0.3, 0.4) is 0 Å². The van der Waals surface area contributed by atoms with Crippen LogP contribution < -0.4 is 4.74 Å². The van der Waals surface area contributed by atoms with E-state index >= 15 is 0 Å². The molecule has 2 aliphatic rings. The summed E-state index contributed by atoms with van der Waals surface area (Å²) in [5.41, 5.74) is 1.02. The summed E-state index contributed by atoms with van der Waals surface area (Å²) in [7, 11) is 0. The van der Waals surface area contributed by atoms with E-state index in [1.165, 1.54) is 0 Å². The molecule has 1 aromatic heterocycles. The largest absolute Gasteiger partial charge is 0.483 e. The maximum Gasteiger partial charge on any atom is 0.290 e. The van der Waals surface area contributed by atoms with Crippen molar-refractivity contribution in [2.75, 3.05) is 26.3 Å². The van der Waals surface area contributed by atoms with Crippen molar-refractivity contribution in [3.05, 3.63) is 59.8 Å². The average Bonchev–Trinajstić information content (AvgIpc) is 3.30. The number of aromatic nitrogens is 1. The van der Waals surface area contributed by atoms with E-state index in [0.29, 0.717) is 24.6 Å². The molecular formula is C22H26N2O6. The standard InChI is InChI=1S/C21H24N2O4.CH2O2/c1-2-27-19-15(9-6-10-22-19)20(26)23-11-17(25)21(13-23)16(12-24)18(21)14-7-4-3-5-8-14;2-1-3/h3-10,16-18,24-25H,2,11-13H2,1H3;1H,(H,2,3)/t16-,17+,18-,21-;/m1./s1. The van der Waals surface area contributed by atoms with Crippen molar-refractivity contribution in [2.45, 2.75) is 18.9 Å². The second-order valence-corrected chi connectivity index (χ2v) is 7.39. The molecule has 2 heterocycles. The number of carbonyl (C=O) groups is 2. The zero-order valence-electron chi connectivity index (χ0n) is 16.7. The van der Waals surface area contributed by atoms with Crippen molar-refractivity contribution in [2.24, 2.45) is 11.3 Å². The first kappa shape index (κ1) is 21.7. The maximum absolute atomic E-state index is 13.1. The first-order chi connectivity index (χ1) is 14.5. The number of amides is 1. The topological polar surface area (TPSA) is 120 Å². The fraction of sp³-hybridized carbons (Fsp3) is 0.409. The van der Waals surface area contributed by atoms with E-state index in [2.05, 4.69) is 4.98 Å². The van der Waals surface area contributed by atoms with Crippen molar-refractivity contribution in [1.82, 2.24) is 9.88 Å². The summed E-state index contributed by atoms with van der Waals surface area (Å²) in [5.74, 6) is 0.122. The van der Waals surface area contributed by atoms with E-state index in [1.807, 2.05) is 37.3 Å². The fourth-order valence-electron chi connectivity index (χ4n) is 4.70. The Morgan fingerprint density at radius 1 is 1.30 bits per heavy atom. The number of benzene rings is 1. The van der Waals surface area contributed by atoms with Crippen molar-refractivity contribution >= 4 is 12.4 Å². The minimum Gasteiger partial charge on any atom is -0.483 e. The SMILES string of the molecule is CCOc1ncccc1C(=O)N1C[C@H](O)[C@@]2(C1)[C@H](CO)[C@H]2c1ccccc1.O=CO. The second-order valence-electron chi connectivity index (χ2n) is 7.39. The summed E-state index contributed by atoms with van der Waals surface area (Å²) >= 11 is 0. The average molecular weight is 414 g/mol. The molecule has 2 aromatic rings. The van der Waals surface area contributed by atoms with Crippen LogP contribution in [0.15, 0.2) is 48.7 Å². The van der Waals surface area contributed by atoms with Gasteiger partial charge in [-0.05, 0) is 36.5 Å². The smallest absolute Gasteiger partial charge is 0.290 e. The van der Waals surface area contributed by atoms with Crippen molar-refractivity contribution < 1.29 is 29.6 Å². The molecule has 0 unspecified atom stereocenters. The number of aliphatic hydroxyl groups is 2. The number of aliphatic hydroxyl groups excluding tert-OH is 2. The van der Waals surface area contributed by atoms with Gasteiger partial charge in [-0.15, -0.1) is 0 Å². The molecule has 1 amide bonds. The Labute approximate surface area is 174 Å². The molecule has 8 nitrogen and oxygen atoms in total. The molecule has 1 saturated carbocycles. The molecule has 2 fully saturated rings. The number of carbonyl (C=O) groups excluding carboxylic acids is 1. The summed E-state index contributed by atoms with van der Waals surface area (Å²) in [6.45, 7) is 2.68. The number of pyridine rings is 1. The molecule has 4 atom stereocenters. The van der Waals surface area contributed by atoms with Gasteiger partial charge in [0.1, 0.15) is 5.56 Å². The van der Waals surface area contributed by atoms with E-state index in [0.717, 1.165) is 5.56 Å². The highest BCUT2D eigenvalue weighted by Gasteiger charge is 2.71. The van der Waals surface area contributed by atoms with Crippen LogP contribution in [0.25, 0.3) is 0 Å². The zero-order chi connectivity index (χ0) is 21.7. The van der Waals surface area contributed by atoms with Crippen LogP contribution in [0.2, 0.25) is 0 Å². The molecular weight excluding hydrogens is 388 g/mol. The van der Waals surface area contributed by atoms with Gasteiger partial charge in [-0.2, -0.15) is 0 Å². The van der Waals surface area contributed by atoms with Gasteiger partial charge < -0.3 is 25.0 Å². The zero-order valence-corrected chi connectivity index (χ0v) is 16.7. The molecule has 1 aromatic carbocycles. The highest BCUT2D eigenvalue weighted by atomic mass is 16.5.